The topological polar surface area (TPSA) is 12.9 Å². The highest BCUT2D eigenvalue weighted by molar-refractivity contribution is 7.00. The van der Waals surface area contributed by atoms with Crippen molar-refractivity contribution >= 4 is 50.9 Å². The SMILES string of the molecule is C(=C(/B(c1ccccc1)c1ccccc1)c1ccccc1)/c1nc2ccccc2c2ccccc12. The molecule has 0 unspecified atom stereocenters. The van der Waals surface area contributed by atoms with E-state index in [0.717, 1.165) is 11.2 Å². The van der Waals surface area contributed by atoms with Gasteiger partial charge in [-0.25, -0.2) is 4.98 Å². The molecule has 1 heterocycles. The van der Waals surface area contributed by atoms with Crippen LogP contribution in [0.4, 0.5) is 0 Å². The molecule has 35 heavy (non-hydrogen) atoms. The molecular weight excluding hydrogens is 421 g/mol. The number of rotatable bonds is 5. The third kappa shape index (κ3) is 4.15. The third-order valence-corrected chi connectivity index (χ3v) is 6.61. The van der Waals surface area contributed by atoms with Crippen LogP contribution < -0.4 is 10.9 Å². The van der Waals surface area contributed by atoms with Crippen LogP contribution in [0.25, 0.3) is 33.2 Å². The lowest BCUT2D eigenvalue weighted by Gasteiger charge is -2.20. The highest BCUT2D eigenvalue weighted by Crippen LogP contribution is 2.29. The minimum Gasteiger partial charge on any atom is -0.248 e. The van der Waals surface area contributed by atoms with Crippen LogP contribution in [0.3, 0.4) is 0 Å². The molecule has 1 nitrogen and oxygen atoms in total. The summed E-state index contributed by atoms with van der Waals surface area (Å²) in [4.78, 5) is 5.16. The van der Waals surface area contributed by atoms with E-state index in [-0.39, 0.29) is 6.71 Å². The van der Waals surface area contributed by atoms with Crippen molar-refractivity contribution in [3.63, 3.8) is 0 Å². The molecule has 5 aromatic carbocycles. The van der Waals surface area contributed by atoms with Crippen LogP contribution in [0.5, 0.6) is 0 Å². The summed E-state index contributed by atoms with van der Waals surface area (Å²) in [6.07, 6.45) is 2.30. The van der Waals surface area contributed by atoms with Gasteiger partial charge in [0.15, 0.2) is 0 Å². The van der Waals surface area contributed by atoms with E-state index >= 15 is 0 Å². The first-order valence-corrected chi connectivity index (χ1v) is 12.0. The van der Waals surface area contributed by atoms with E-state index in [1.807, 2.05) is 0 Å². The van der Waals surface area contributed by atoms with E-state index in [2.05, 4.69) is 146 Å². The number of hydrogen-bond acceptors (Lipinski definition) is 1. The number of fused-ring (bicyclic) bond motifs is 3. The second kappa shape index (κ2) is 9.44. The highest BCUT2D eigenvalue weighted by atomic mass is 14.7. The molecule has 164 valence electrons. The molecule has 6 aromatic rings. The highest BCUT2D eigenvalue weighted by Gasteiger charge is 2.25. The minimum absolute atomic E-state index is 0.0758. The smallest absolute Gasteiger partial charge is 0.242 e. The molecule has 0 N–H and O–H groups in total. The Labute approximate surface area is 206 Å². The Morgan fingerprint density at radius 3 is 1.60 bits per heavy atom. The van der Waals surface area contributed by atoms with Gasteiger partial charge in [0, 0.05) is 10.8 Å². The molecule has 6 rings (SSSR count). The van der Waals surface area contributed by atoms with Crippen molar-refractivity contribution in [3.05, 3.63) is 151 Å². The molecule has 0 aliphatic carbocycles. The zero-order chi connectivity index (χ0) is 23.5. The largest absolute Gasteiger partial charge is 0.248 e. The number of benzene rings is 5. The maximum Gasteiger partial charge on any atom is 0.242 e. The number of para-hydroxylation sites is 1. The maximum atomic E-state index is 5.16. The molecule has 2 heteroatoms. The Hall–Kier alpha value is -4.43. The lowest BCUT2D eigenvalue weighted by Crippen LogP contribution is -2.43. The van der Waals surface area contributed by atoms with Gasteiger partial charge in [-0.15, -0.1) is 0 Å². The molecule has 0 fully saturated rings. The fourth-order valence-corrected chi connectivity index (χ4v) is 4.99. The molecule has 0 radical (unpaired) electrons. The molecule has 0 saturated heterocycles. The Kier molecular flexibility index (Phi) is 5.70. The van der Waals surface area contributed by atoms with Crippen LogP contribution in [-0.4, -0.2) is 11.7 Å². The van der Waals surface area contributed by atoms with Gasteiger partial charge in [-0.05, 0) is 23.1 Å². The summed E-state index contributed by atoms with van der Waals surface area (Å²) in [5.74, 6) is 0. The summed E-state index contributed by atoms with van der Waals surface area (Å²) in [5, 5.41) is 3.58. The molecule has 0 amide bonds. The molecule has 0 bridgehead atoms. The summed E-state index contributed by atoms with van der Waals surface area (Å²) < 4.78 is 0. The number of pyridine rings is 1. The predicted octanol–water partition coefficient (Wildman–Crippen LogP) is 6.78. The van der Waals surface area contributed by atoms with Gasteiger partial charge in [0.2, 0.25) is 6.71 Å². The first-order valence-electron chi connectivity index (χ1n) is 12.0. The second-order valence-electron chi connectivity index (χ2n) is 8.78. The van der Waals surface area contributed by atoms with Crippen LogP contribution in [-0.2, 0) is 0 Å². The van der Waals surface area contributed by atoms with E-state index in [4.69, 9.17) is 4.98 Å². The lowest BCUT2D eigenvalue weighted by molar-refractivity contribution is 1.40. The van der Waals surface area contributed by atoms with E-state index in [1.165, 1.54) is 38.1 Å². The lowest BCUT2D eigenvalue weighted by atomic mass is 9.35. The molecule has 0 spiro atoms. The fourth-order valence-electron chi connectivity index (χ4n) is 4.99. The summed E-state index contributed by atoms with van der Waals surface area (Å²) in [6.45, 7) is 0.0758. The zero-order valence-corrected chi connectivity index (χ0v) is 19.4. The minimum atomic E-state index is 0.0758. The molecule has 0 saturated carbocycles. The number of aromatic nitrogens is 1. The fraction of sp³-hybridized carbons (Fsp3) is 0. The van der Waals surface area contributed by atoms with Gasteiger partial charge in [0.05, 0.1) is 11.2 Å². The summed E-state index contributed by atoms with van der Waals surface area (Å²) in [5.41, 5.74) is 6.97. The first-order chi connectivity index (χ1) is 17.4. The van der Waals surface area contributed by atoms with Crippen molar-refractivity contribution in [2.24, 2.45) is 0 Å². The Bertz CT molecular complexity index is 1580. The maximum absolute atomic E-state index is 5.16. The van der Waals surface area contributed by atoms with Gasteiger partial charge < -0.3 is 0 Å². The number of hydrogen-bond donors (Lipinski definition) is 0. The predicted molar refractivity (Wildman–Crippen MR) is 151 cm³/mol. The second-order valence-corrected chi connectivity index (χ2v) is 8.78. The Morgan fingerprint density at radius 1 is 0.486 bits per heavy atom. The van der Waals surface area contributed by atoms with Crippen molar-refractivity contribution in [1.82, 2.24) is 4.98 Å². The Balaban J connectivity index is 1.67. The summed E-state index contributed by atoms with van der Waals surface area (Å²) in [7, 11) is 0. The normalized spacial score (nSPS) is 11.6. The summed E-state index contributed by atoms with van der Waals surface area (Å²) in [6, 6.07) is 49.2. The third-order valence-electron chi connectivity index (χ3n) is 6.61. The average molecular weight is 445 g/mol. The molecule has 0 atom stereocenters. The molecular formula is C33H24BN. The van der Waals surface area contributed by atoms with Gasteiger partial charge in [-0.3, -0.25) is 0 Å². The van der Waals surface area contributed by atoms with Gasteiger partial charge in [-0.2, -0.15) is 0 Å². The van der Waals surface area contributed by atoms with Gasteiger partial charge in [0.25, 0.3) is 0 Å². The number of nitrogens with zero attached hydrogens (tertiary/aromatic N) is 1. The van der Waals surface area contributed by atoms with Crippen molar-refractivity contribution in [1.29, 1.82) is 0 Å². The van der Waals surface area contributed by atoms with E-state index < -0.39 is 0 Å². The quantitative estimate of drug-likeness (QED) is 0.211. The van der Waals surface area contributed by atoms with Gasteiger partial charge >= 0.3 is 0 Å². The monoisotopic (exact) mass is 445 g/mol. The average Bonchev–Trinajstić information content (AvgIpc) is 2.94. The van der Waals surface area contributed by atoms with Crippen molar-refractivity contribution in [2.45, 2.75) is 0 Å². The van der Waals surface area contributed by atoms with Crippen LogP contribution in [0.15, 0.2) is 140 Å². The van der Waals surface area contributed by atoms with Gasteiger partial charge in [-0.1, -0.05) is 150 Å². The van der Waals surface area contributed by atoms with Crippen molar-refractivity contribution in [3.8, 4) is 0 Å². The van der Waals surface area contributed by atoms with Crippen molar-refractivity contribution in [2.75, 3.05) is 0 Å². The van der Waals surface area contributed by atoms with Crippen LogP contribution >= 0.6 is 0 Å². The van der Waals surface area contributed by atoms with Crippen molar-refractivity contribution < 1.29 is 0 Å². The molecule has 1 aromatic heterocycles. The first kappa shape index (κ1) is 21.1. The molecule has 0 aliphatic heterocycles. The van der Waals surface area contributed by atoms with E-state index in [1.54, 1.807) is 0 Å². The van der Waals surface area contributed by atoms with E-state index in [0.29, 0.717) is 0 Å². The van der Waals surface area contributed by atoms with E-state index in [9.17, 15) is 0 Å². The van der Waals surface area contributed by atoms with Crippen LogP contribution in [0, 0.1) is 0 Å². The molecule has 0 aliphatic rings. The standard InChI is InChI=1S/C33H24BN/c1-4-14-25(15-5-1)31(34(26-16-6-2-7-17-26)27-18-8-3-9-19-27)24-33-30-22-11-10-20-28(30)29-21-12-13-23-32(29)35-33/h1-24H/b31-24-. The van der Waals surface area contributed by atoms with Crippen LogP contribution in [0.1, 0.15) is 11.3 Å². The summed E-state index contributed by atoms with van der Waals surface area (Å²) >= 11 is 0. The Morgan fingerprint density at radius 2 is 0.971 bits per heavy atom. The van der Waals surface area contributed by atoms with Crippen LogP contribution in [0.2, 0.25) is 0 Å². The zero-order valence-electron chi connectivity index (χ0n) is 19.4. The van der Waals surface area contributed by atoms with Gasteiger partial charge in [0.1, 0.15) is 0 Å².